The van der Waals surface area contributed by atoms with Gasteiger partial charge in [-0.15, -0.1) is 0 Å². The smallest absolute Gasteiger partial charge is 0.252 e. The molecule has 4 nitrogen and oxygen atoms in total. The predicted molar refractivity (Wildman–Crippen MR) is 75.8 cm³/mol. The summed E-state index contributed by atoms with van der Waals surface area (Å²) < 4.78 is 18.6. The zero-order valence-corrected chi connectivity index (χ0v) is 12.7. The number of halogens is 2. The SMILES string of the molecule is COCCN(C)CCNC(=O)c1cc(F)ccc1Br. The summed E-state index contributed by atoms with van der Waals surface area (Å²) in [5.41, 5.74) is 0.305. The third-order valence-electron chi connectivity index (χ3n) is 2.63. The van der Waals surface area contributed by atoms with Gasteiger partial charge in [-0.1, -0.05) is 0 Å². The van der Waals surface area contributed by atoms with E-state index in [0.29, 0.717) is 29.7 Å². The standard InChI is InChI=1S/C13H18BrFN2O2/c1-17(7-8-19-2)6-5-16-13(18)11-9-10(15)3-4-12(11)14/h3-4,9H,5-8H2,1-2H3,(H,16,18). The molecule has 0 saturated carbocycles. The molecule has 1 aromatic carbocycles. The van der Waals surface area contributed by atoms with Gasteiger partial charge in [-0.3, -0.25) is 4.79 Å². The molecule has 0 bridgehead atoms. The maximum absolute atomic E-state index is 13.1. The van der Waals surface area contributed by atoms with E-state index in [9.17, 15) is 9.18 Å². The molecule has 0 spiro atoms. The van der Waals surface area contributed by atoms with E-state index in [1.807, 2.05) is 11.9 Å². The molecule has 1 amide bonds. The monoisotopic (exact) mass is 332 g/mol. The van der Waals surface area contributed by atoms with Crippen molar-refractivity contribution in [2.24, 2.45) is 0 Å². The first-order chi connectivity index (χ1) is 9.04. The normalized spacial score (nSPS) is 10.8. The van der Waals surface area contributed by atoms with Crippen molar-refractivity contribution in [2.45, 2.75) is 0 Å². The average Bonchev–Trinajstić information content (AvgIpc) is 2.39. The Morgan fingerprint density at radius 3 is 2.89 bits per heavy atom. The molecule has 0 aliphatic rings. The summed E-state index contributed by atoms with van der Waals surface area (Å²) in [6.07, 6.45) is 0. The largest absolute Gasteiger partial charge is 0.383 e. The minimum absolute atomic E-state index is 0.286. The minimum Gasteiger partial charge on any atom is -0.383 e. The van der Waals surface area contributed by atoms with Crippen molar-refractivity contribution in [3.8, 4) is 0 Å². The van der Waals surface area contributed by atoms with Crippen LogP contribution in [0.2, 0.25) is 0 Å². The molecule has 6 heteroatoms. The van der Waals surface area contributed by atoms with Crippen LogP contribution < -0.4 is 5.32 Å². The summed E-state index contributed by atoms with van der Waals surface area (Å²) in [5, 5.41) is 2.76. The van der Waals surface area contributed by atoms with Gasteiger partial charge in [0, 0.05) is 31.2 Å². The van der Waals surface area contributed by atoms with Crippen molar-refractivity contribution in [3.63, 3.8) is 0 Å². The number of rotatable bonds is 7. The van der Waals surface area contributed by atoms with Gasteiger partial charge in [0.2, 0.25) is 0 Å². The third-order valence-corrected chi connectivity index (χ3v) is 3.32. The summed E-state index contributed by atoms with van der Waals surface area (Å²) in [6.45, 7) is 2.67. The van der Waals surface area contributed by atoms with Crippen LogP contribution in [-0.2, 0) is 4.74 Å². The average molecular weight is 333 g/mol. The number of carbonyl (C=O) groups excluding carboxylic acids is 1. The summed E-state index contributed by atoms with van der Waals surface area (Å²) >= 11 is 3.23. The molecular weight excluding hydrogens is 315 g/mol. The van der Waals surface area contributed by atoms with Crippen molar-refractivity contribution >= 4 is 21.8 Å². The molecule has 1 aromatic rings. The Morgan fingerprint density at radius 2 is 2.21 bits per heavy atom. The highest BCUT2D eigenvalue weighted by Gasteiger charge is 2.10. The van der Waals surface area contributed by atoms with Crippen molar-refractivity contribution < 1.29 is 13.9 Å². The van der Waals surface area contributed by atoms with Gasteiger partial charge in [0.1, 0.15) is 5.82 Å². The molecule has 0 atom stereocenters. The Balaban J connectivity index is 2.41. The van der Waals surface area contributed by atoms with Gasteiger partial charge in [0.05, 0.1) is 12.2 Å². The first kappa shape index (κ1) is 16.1. The quantitative estimate of drug-likeness (QED) is 0.829. The predicted octanol–water partition coefficient (Wildman–Crippen LogP) is 1.90. The Hall–Kier alpha value is -0.980. The topological polar surface area (TPSA) is 41.6 Å². The third kappa shape index (κ3) is 5.67. The highest BCUT2D eigenvalue weighted by molar-refractivity contribution is 9.10. The van der Waals surface area contributed by atoms with Crippen LogP contribution in [0.25, 0.3) is 0 Å². The molecule has 0 fully saturated rings. The van der Waals surface area contributed by atoms with Gasteiger partial charge < -0.3 is 15.0 Å². The number of ether oxygens (including phenoxy) is 1. The fourth-order valence-electron chi connectivity index (χ4n) is 1.49. The number of amides is 1. The van der Waals surface area contributed by atoms with E-state index in [1.54, 1.807) is 7.11 Å². The van der Waals surface area contributed by atoms with Gasteiger partial charge in [-0.2, -0.15) is 0 Å². The van der Waals surface area contributed by atoms with Crippen LogP contribution in [0, 0.1) is 5.82 Å². The van der Waals surface area contributed by atoms with E-state index < -0.39 is 5.82 Å². The molecule has 0 radical (unpaired) electrons. The number of carbonyl (C=O) groups is 1. The summed E-state index contributed by atoms with van der Waals surface area (Å²) in [7, 11) is 3.60. The van der Waals surface area contributed by atoms with Crippen LogP contribution in [0.5, 0.6) is 0 Å². The van der Waals surface area contributed by atoms with Crippen molar-refractivity contribution in [2.75, 3.05) is 40.4 Å². The van der Waals surface area contributed by atoms with Crippen molar-refractivity contribution in [1.82, 2.24) is 10.2 Å². The Labute approximate surface area is 121 Å². The summed E-state index contributed by atoms with van der Waals surface area (Å²) in [6, 6.07) is 4.04. The Morgan fingerprint density at radius 1 is 1.47 bits per heavy atom. The van der Waals surface area contributed by atoms with E-state index in [2.05, 4.69) is 21.2 Å². The van der Waals surface area contributed by atoms with Crippen molar-refractivity contribution in [3.05, 3.63) is 34.1 Å². The first-order valence-electron chi connectivity index (χ1n) is 5.95. The molecule has 0 unspecified atom stereocenters. The molecular formula is C13H18BrFN2O2. The second kappa shape index (κ2) is 8.24. The number of hydrogen-bond donors (Lipinski definition) is 1. The van der Waals surface area contributed by atoms with Crippen molar-refractivity contribution in [1.29, 1.82) is 0 Å². The lowest BCUT2D eigenvalue weighted by Gasteiger charge is -2.16. The number of hydrogen-bond acceptors (Lipinski definition) is 3. The fraction of sp³-hybridized carbons (Fsp3) is 0.462. The molecule has 0 aromatic heterocycles. The lowest BCUT2D eigenvalue weighted by atomic mass is 10.2. The van der Waals surface area contributed by atoms with E-state index in [1.165, 1.54) is 18.2 Å². The molecule has 19 heavy (non-hydrogen) atoms. The summed E-state index contributed by atoms with van der Waals surface area (Å²) in [5.74, 6) is -0.711. The molecule has 0 saturated heterocycles. The fourth-order valence-corrected chi connectivity index (χ4v) is 1.91. The van der Waals surface area contributed by atoms with Gasteiger partial charge in [-0.25, -0.2) is 4.39 Å². The second-order valence-corrected chi connectivity index (χ2v) is 5.03. The van der Waals surface area contributed by atoms with Crippen LogP contribution in [0.15, 0.2) is 22.7 Å². The van der Waals surface area contributed by atoms with Gasteiger partial charge in [-0.05, 0) is 41.2 Å². The highest BCUT2D eigenvalue weighted by atomic mass is 79.9. The highest BCUT2D eigenvalue weighted by Crippen LogP contribution is 2.17. The molecule has 0 aliphatic heterocycles. The van der Waals surface area contributed by atoms with Crippen LogP contribution in [0.1, 0.15) is 10.4 Å². The van der Waals surface area contributed by atoms with Crippen LogP contribution in [-0.4, -0.2) is 51.2 Å². The first-order valence-corrected chi connectivity index (χ1v) is 6.74. The number of methoxy groups -OCH3 is 1. The molecule has 106 valence electrons. The zero-order valence-electron chi connectivity index (χ0n) is 11.1. The maximum atomic E-state index is 13.1. The van der Waals surface area contributed by atoms with E-state index in [0.717, 1.165) is 6.54 Å². The van der Waals surface area contributed by atoms with Gasteiger partial charge >= 0.3 is 0 Å². The second-order valence-electron chi connectivity index (χ2n) is 4.18. The maximum Gasteiger partial charge on any atom is 0.252 e. The Kier molecular flexibility index (Phi) is 6.97. The van der Waals surface area contributed by atoms with Crippen LogP contribution in [0.3, 0.4) is 0 Å². The van der Waals surface area contributed by atoms with Gasteiger partial charge in [0.25, 0.3) is 5.91 Å². The molecule has 0 aliphatic carbocycles. The Bertz CT molecular complexity index is 429. The summed E-state index contributed by atoms with van der Waals surface area (Å²) in [4.78, 5) is 13.9. The lowest BCUT2D eigenvalue weighted by Crippen LogP contribution is -2.34. The van der Waals surface area contributed by atoms with E-state index >= 15 is 0 Å². The molecule has 1 rings (SSSR count). The zero-order chi connectivity index (χ0) is 14.3. The number of nitrogens with one attached hydrogen (secondary N) is 1. The van der Waals surface area contributed by atoms with Crippen LogP contribution in [0.4, 0.5) is 4.39 Å². The molecule has 1 N–H and O–H groups in total. The van der Waals surface area contributed by atoms with Gasteiger partial charge in [0.15, 0.2) is 0 Å². The van der Waals surface area contributed by atoms with Crippen LogP contribution >= 0.6 is 15.9 Å². The van der Waals surface area contributed by atoms with E-state index in [4.69, 9.17) is 4.74 Å². The molecule has 0 heterocycles. The number of nitrogens with zero attached hydrogens (tertiary/aromatic N) is 1. The number of likely N-dealkylation sites (N-methyl/N-ethyl adjacent to an activating group) is 1. The minimum atomic E-state index is -0.425. The number of benzene rings is 1. The van der Waals surface area contributed by atoms with E-state index in [-0.39, 0.29) is 5.91 Å². The lowest BCUT2D eigenvalue weighted by molar-refractivity contribution is 0.0946.